The zero-order valence-electron chi connectivity index (χ0n) is 9.16. The van der Waals surface area contributed by atoms with E-state index in [-0.39, 0.29) is 5.82 Å². The molecule has 2 nitrogen and oxygen atoms in total. The van der Waals surface area contributed by atoms with Gasteiger partial charge in [-0.2, -0.15) is 0 Å². The second-order valence-corrected chi connectivity index (χ2v) is 4.04. The zero-order chi connectivity index (χ0) is 12.1. The first-order chi connectivity index (χ1) is 8.24. The molecule has 0 atom stereocenters. The molecule has 0 aliphatic carbocycles. The molecule has 0 saturated carbocycles. The van der Waals surface area contributed by atoms with Crippen LogP contribution in [0, 0.1) is 5.82 Å². The number of anilines is 1. The molecule has 17 heavy (non-hydrogen) atoms. The van der Waals surface area contributed by atoms with E-state index in [9.17, 15) is 4.39 Å². The smallest absolute Gasteiger partial charge is 0.131 e. The molecule has 0 radical (unpaired) electrons. The van der Waals surface area contributed by atoms with E-state index in [0.29, 0.717) is 5.15 Å². The van der Waals surface area contributed by atoms with E-state index in [2.05, 4.69) is 10.3 Å². The Morgan fingerprint density at radius 1 is 1.12 bits per heavy atom. The fraction of sp³-hybridized carbons (Fsp3) is 0.154. The minimum Gasteiger partial charge on any atom is -0.370 e. The molecule has 0 fully saturated rings. The molecule has 4 heteroatoms. The highest BCUT2D eigenvalue weighted by Gasteiger charge is 1.96. The van der Waals surface area contributed by atoms with Crippen molar-refractivity contribution in [3.05, 3.63) is 59.0 Å². The average molecular weight is 251 g/mol. The first-order valence-electron chi connectivity index (χ1n) is 5.35. The maximum Gasteiger partial charge on any atom is 0.131 e. The third-order valence-electron chi connectivity index (χ3n) is 2.35. The minimum atomic E-state index is -0.210. The van der Waals surface area contributed by atoms with Crippen molar-refractivity contribution >= 4 is 17.4 Å². The molecule has 1 heterocycles. The number of nitrogens with zero attached hydrogens (tertiary/aromatic N) is 1. The van der Waals surface area contributed by atoms with Crippen molar-refractivity contribution in [3.63, 3.8) is 0 Å². The average Bonchev–Trinajstić information content (AvgIpc) is 2.32. The van der Waals surface area contributed by atoms with Crippen LogP contribution in [0.25, 0.3) is 0 Å². The fourth-order valence-corrected chi connectivity index (χ4v) is 1.66. The lowest BCUT2D eigenvalue weighted by Crippen LogP contribution is -2.06. The number of hydrogen-bond donors (Lipinski definition) is 1. The Balaban J connectivity index is 1.85. The van der Waals surface area contributed by atoms with Crippen molar-refractivity contribution in [1.82, 2.24) is 4.98 Å². The van der Waals surface area contributed by atoms with Crippen LogP contribution in [0.2, 0.25) is 5.15 Å². The van der Waals surface area contributed by atoms with Crippen molar-refractivity contribution in [2.75, 3.05) is 11.9 Å². The van der Waals surface area contributed by atoms with E-state index in [1.165, 1.54) is 12.1 Å². The van der Waals surface area contributed by atoms with E-state index in [1.807, 2.05) is 12.1 Å². The van der Waals surface area contributed by atoms with Gasteiger partial charge in [0.05, 0.1) is 0 Å². The number of aromatic nitrogens is 1. The summed E-state index contributed by atoms with van der Waals surface area (Å²) < 4.78 is 12.7. The summed E-state index contributed by atoms with van der Waals surface area (Å²) in [6.07, 6.45) is 0.814. The van der Waals surface area contributed by atoms with Gasteiger partial charge in [0.2, 0.25) is 0 Å². The Hall–Kier alpha value is -1.61. The van der Waals surface area contributed by atoms with Crippen molar-refractivity contribution in [2.24, 2.45) is 0 Å². The summed E-state index contributed by atoms with van der Waals surface area (Å²) in [6.45, 7) is 0.735. The summed E-state index contributed by atoms with van der Waals surface area (Å²) in [5, 5.41) is 3.63. The quantitative estimate of drug-likeness (QED) is 0.840. The Kier molecular flexibility index (Phi) is 3.94. The number of benzene rings is 1. The van der Waals surface area contributed by atoms with E-state index >= 15 is 0 Å². The largest absolute Gasteiger partial charge is 0.370 e. The molecule has 1 aromatic heterocycles. The monoisotopic (exact) mass is 250 g/mol. The first kappa shape index (κ1) is 11.9. The molecular formula is C13H12ClFN2. The molecule has 88 valence electrons. The summed E-state index contributed by atoms with van der Waals surface area (Å²) in [5.41, 5.74) is 1.08. The highest BCUT2D eigenvalue weighted by molar-refractivity contribution is 6.29. The third kappa shape index (κ3) is 3.71. The molecule has 0 bridgehead atoms. The van der Waals surface area contributed by atoms with Gasteiger partial charge in [-0.15, -0.1) is 0 Å². The number of hydrogen-bond acceptors (Lipinski definition) is 2. The summed E-state index contributed by atoms with van der Waals surface area (Å²) >= 11 is 5.77. The molecule has 0 amide bonds. The van der Waals surface area contributed by atoms with Crippen molar-refractivity contribution in [2.45, 2.75) is 6.42 Å². The van der Waals surface area contributed by atoms with Crippen LogP contribution in [0.4, 0.5) is 10.2 Å². The van der Waals surface area contributed by atoms with Gasteiger partial charge < -0.3 is 5.32 Å². The first-order valence-corrected chi connectivity index (χ1v) is 5.73. The summed E-state index contributed by atoms with van der Waals surface area (Å²) in [5.74, 6) is 0.540. The van der Waals surface area contributed by atoms with E-state index in [0.717, 1.165) is 24.3 Å². The van der Waals surface area contributed by atoms with Crippen LogP contribution >= 0.6 is 11.6 Å². The van der Waals surface area contributed by atoms with Gasteiger partial charge >= 0.3 is 0 Å². The van der Waals surface area contributed by atoms with Crippen LogP contribution < -0.4 is 5.32 Å². The number of halogens is 2. The normalized spacial score (nSPS) is 10.2. The van der Waals surface area contributed by atoms with E-state index in [4.69, 9.17) is 11.6 Å². The molecule has 0 unspecified atom stereocenters. The Labute approximate surface area is 104 Å². The van der Waals surface area contributed by atoms with E-state index < -0.39 is 0 Å². The molecular weight excluding hydrogens is 239 g/mol. The molecule has 0 saturated heterocycles. The highest BCUT2D eigenvalue weighted by atomic mass is 35.5. The van der Waals surface area contributed by atoms with Crippen LogP contribution in [0.1, 0.15) is 5.56 Å². The zero-order valence-corrected chi connectivity index (χ0v) is 9.91. The minimum absolute atomic E-state index is 0.210. The molecule has 1 aromatic carbocycles. The lowest BCUT2D eigenvalue weighted by Gasteiger charge is -2.05. The lowest BCUT2D eigenvalue weighted by atomic mass is 10.1. The highest BCUT2D eigenvalue weighted by Crippen LogP contribution is 2.09. The van der Waals surface area contributed by atoms with Crippen molar-refractivity contribution in [3.8, 4) is 0 Å². The number of rotatable bonds is 4. The maximum atomic E-state index is 12.7. The molecule has 0 aliphatic rings. The molecule has 1 N–H and O–H groups in total. The van der Waals surface area contributed by atoms with Crippen LogP contribution in [0.5, 0.6) is 0 Å². The maximum absolute atomic E-state index is 12.7. The van der Waals surface area contributed by atoms with Gasteiger partial charge in [-0.1, -0.05) is 29.8 Å². The van der Waals surface area contributed by atoms with Crippen LogP contribution in [-0.4, -0.2) is 11.5 Å². The van der Waals surface area contributed by atoms with Gasteiger partial charge in [-0.05, 0) is 36.2 Å². The topological polar surface area (TPSA) is 24.9 Å². The van der Waals surface area contributed by atoms with Crippen molar-refractivity contribution in [1.29, 1.82) is 0 Å². The molecule has 0 spiro atoms. The third-order valence-corrected chi connectivity index (χ3v) is 2.56. The van der Waals surface area contributed by atoms with Gasteiger partial charge in [0, 0.05) is 6.54 Å². The molecule has 2 rings (SSSR count). The van der Waals surface area contributed by atoms with Gasteiger partial charge in [0.25, 0.3) is 0 Å². The van der Waals surface area contributed by atoms with Gasteiger partial charge in [-0.25, -0.2) is 9.37 Å². The Morgan fingerprint density at radius 3 is 2.59 bits per heavy atom. The summed E-state index contributed by atoms with van der Waals surface area (Å²) in [7, 11) is 0. The second kappa shape index (κ2) is 5.64. The van der Waals surface area contributed by atoms with E-state index in [1.54, 1.807) is 18.2 Å². The second-order valence-electron chi connectivity index (χ2n) is 3.65. The molecule has 0 aliphatic heterocycles. The van der Waals surface area contributed by atoms with Crippen molar-refractivity contribution < 1.29 is 4.39 Å². The van der Waals surface area contributed by atoms with Gasteiger partial charge in [-0.3, -0.25) is 0 Å². The lowest BCUT2D eigenvalue weighted by molar-refractivity contribution is 0.627. The Bertz CT molecular complexity index is 485. The SMILES string of the molecule is Fc1ccc(CCNc2cccc(Cl)n2)cc1. The van der Waals surface area contributed by atoms with Crippen LogP contribution in [0.3, 0.4) is 0 Å². The standard InChI is InChI=1S/C13H12ClFN2/c14-12-2-1-3-13(17-12)16-9-8-10-4-6-11(15)7-5-10/h1-7H,8-9H2,(H,16,17). The van der Waals surface area contributed by atoms with Crippen LogP contribution in [-0.2, 0) is 6.42 Å². The molecule has 2 aromatic rings. The van der Waals surface area contributed by atoms with Gasteiger partial charge in [0.1, 0.15) is 16.8 Å². The number of nitrogens with one attached hydrogen (secondary N) is 1. The number of pyridine rings is 1. The van der Waals surface area contributed by atoms with Gasteiger partial charge in [0.15, 0.2) is 0 Å². The Morgan fingerprint density at radius 2 is 1.88 bits per heavy atom. The summed E-state index contributed by atoms with van der Waals surface area (Å²) in [4.78, 5) is 4.11. The fourth-order valence-electron chi connectivity index (χ4n) is 1.49. The summed E-state index contributed by atoms with van der Waals surface area (Å²) in [6, 6.07) is 11.9. The van der Waals surface area contributed by atoms with Crippen LogP contribution in [0.15, 0.2) is 42.5 Å². The predicted octanol–water partition coefficient (Wildman–Crippen LogP) is 3.53. The predicted molar refractivity (Wildman–Crippen MR) is 67.8 cm³/mol.